The van der Waals surface area contributed by atoms with Gasteiger partial charge in [-0.3, -0.25) is 4.79 Å². The normalized spacial score (nSPS) is 21.7. The molecular weight excluding hydrogens is 342 g/mol. The predicted molar refractivity (Wildman–Crippen MR) is 93.8 cm³/mol. The van der Waals surface area contributed by atoms with Gasteiger partial charge in [0.2, 0.25) is 0 Å². The van der Waals surface area contributed by atoms with E-state index in [2.05, 4.69) is 35.1 Å². The van der Waals surface area contributed by atoms with Crippen LogP contribution in [0.3, 0.4) is 0 Å². The molecule has 1 aromatic carbocycles. The third-order valence-corrected chi connectivity index (χ3v) is 5.22. The van der Waals surface area contributed by atoms with Crippen molar-refractivity contribution in [2.75, 3.05) is 0 Å². The van der Waals surface area contributed by atoms with Gasteiger partial charge in [-0.15, -0.1) is 0 Å². The lowest BCUT2D eigenvalue weighted by atomic mass is 9.85. The second-order valence-corrected chi connectivity index (χ2v) is 7.26. The van der Waals surface area contributed by atoms with Gasteiger partial charge in [0.05, 0.1) is 11.1 Å². The molecular formula is C18H24BrNO2. The summed E-state index contributed by atoms with van der Waals surface area (Å²) in [7, 11) is 0. The van der Waals surface area contributed by atoms with Crippen LogP contribution >= 0.6 is 15.9 Å². The van der Waals surface area contributed by atoms with Gasteiger partial charge in [0.1, 0.15) is 5.76 Å². The molecule has 1 unspecified atom stereocenters. The smallest absolute Gasteiger partial charge is 0.256 e. The van der Waals surface area contributed by atoms with Crippen molar-refractivity contribution >= 4 is 27.4 Å². The SMILES string of the molecule is CCc1cc(Br)cc(CC)c1C1=C(O)C(C)(C(C)C)NC1=O. The van der Waals surface area contributed by atoms with Gasteiger partial charge in [-0.2, -0.15) is 0 Å². The lowest BCUT2D eigenvalue weighted by Gasteiger charge is -2.29. The van der Waals surface area contributed by atoms with Crippen LogP contribution in [0.2, 0.25) is 0 Å². The van der Waals surface area contributed by atoms with E-state index in [0.717, 1.165) is 34.0 Å². The maximum Gasteiger partial charge on any atom is 0.256 e. The minimum Gasteiger partial charge on any atom is -0.509 e. The highest BCUT2D eigenvalue weighted by Crippen LogP contribution is 2.39. The largest absolute Gasteiger partial charge is 0.509 e. The van der Waals surface area contributed by atoms with Crippen LogP contribution in [0.5, 0.6) is 0 Å². The lowest BCUT2D eigenvalue weighted by Crippen LogP contribution is -2.46. The van der Waals surface area contributed by atoms with E-state index < -0.39 is 5.54 Å². The molecule has 1 aliphatic rings. The summed E-state index contributed by atoms with van der Waals surface area (Å²) in [6, 6.07) is 4.07. The van der Waals surface area contributed by atoms with Crippen molar-refractivity contribution in [2.45, 2.75) is 53.0 Å². The highest BCUT2D eigenvalue weighted by molar-refractivity contribution is 9.10. The number of amides is 1. The molecule has 2 rings (SSSR count). The van der Waals surface area contributed by atoms with Crippen LogP contribution < -0.4 is 5.32 Å². The number of hydrogen-bond donors (Lipinski definition) is 2. The third kappa shape index (κ3) is 2.58. The van der Waals surface area contributed by atoms with Crippen LogP contribution in [0.15, 0.2) is 22.4 Å². The summed E-state index contributed by atoms with van der Waals surface area (Å²) in [5.74, 6) is 0.0965. The number of aliphatic hydroxyl groups excluding tert-OH is 1. The minimum atomic E-state index is -0.699. The molecule has 0 saturated heterocycles. The summed E-state index contributed by atoms with van der Waals surface area (Å²) in [5, 5.41) is 13.8. The molecule has 0 bridgehead atoms. The Morgan fingerprint density at radius 3 is 2.09 bits per heavy atom. The summed E-state index contributed by atoms with van der Waals surface area (Å²) >= 11 is 3.53. The minimum absolute atomic E-state index is 0.111. The van der Waals surface area contributed by atoms with E-state index in [1.165, 1.54) is 0 Å². The standard InChI is InChI=1S/C18H24BrNO2/c1-6-11-8-13(19)9-12(7-2)14(11)15-16(21)18(5,10(3)4)20-17(15)22/h8-10,21H,6-7H2,1-5H3,(H,20,22). The zero-order chi connectivity index (χ0) is 16.7. The average Bonchev–Trinajstić information content (AvgIpc) is 2.69. The fourth-order valence-electron chi connectivity index (χ4n) is 2.98. The van der Waals surface area contributed by atoms with Gasteiger partial charge in [-0.25, -0.2) is 0 Å². The van der Waals surface area contributed by atoms with Gasteiger partial charge in [0.15, 0.2) is 0 Å². The maximum atomic E-state index is 12.6. The molecule has 0 aromatic heterocycles. The zero-order valence-electron chi connectivity index (χ0n) is 13.9. The highest BCUT2D eigenvalue weighted by Gasteiger charge is 2.45. The number of halogens is 1. The number of aryl methyl sites for hydroxylation is 2. The van der Waals surface area contributed by atoms with Crippen molar-refractivity contribution in [1.82, 2.24) is 5.32 Å². The summed E-state index contributed by atoms with van der Waals surface area (Å²) in [6.07, 6.45) is 1.62. The summed E-state index contributed by atoms with van der Waals surface area (Å²) in [5.41, 5.74) is 2.80. The molecule has 2 N–H and O–H groups in total. The maximum absolute atomic E-state index is 12.6. The molecule has 22 heavy (non-hydrogen) atoms. The Hall–Kier alpha value is -1.29. The summed E-state index contributed by atoms with van der Waals surface area (Å²) < 4.78 is 1.01. The van der Waals surface area contributed by atoms with Crippen LogP contribution in [0.1, 0.15) is 51.3 Å². The fourth-order valence-corrected chi connectivity index (χ4v) is 3.53. The quantitative estimate of drug-likeness (QED) is 0.831. The van der Waals surface area contributed by atoms with Crippen LogP contribution in [-0.4, -0.2) is 16.6 Å². The summed E-state index contributed by atoms with van der Waals surface area (Å²) in [6.45, 7) is 10.0. The van der Waals surface area contributed by atoms with E-state index in [9.17, 15) is 9.90 Å². The number of carbonyl (C=O) groups excluding carboxylic acids is 1. The Labute approximate surface area is 140 Å². The summed E-state index contributed by atoms with van der Waals surface area (Å²) in [4.78, 5) is 12.6. The van der Waals surface area contributed by atoms with Crippen molar-refractivity contribution in [2.24, 2.45) is 5.92 Å². The van der Waals surface area contributed by atoms with E-state index in [-0.39, 0.29) is 17.6 Å². The number of benzene rings is 1. The molecule has 120 valence electrons. The van der Waals surface area contributed by atoms with Crippen molar-refractivity contribution < 1.29 is 9.90 Å². The van der Waals surface area contributed by atoms with E-state index in [1.54, 1.807) is 0 Å². The Kier molecular flexibility index (Phi) is 4.71. The topological polar surface area (TPSA) is 49.3 Å². The highest BCUT2D eigenvalue weighted by atomic mass is 79.9. The first kappa shape index (κ1) is 17.1. The molecule has 0 radical (unpaired) electrons. The Morgan fingerprint density at radius 1 is 1.23 bits per heavy atom. The molecule has 0 saturated carbocycles. The molecule has 0 spiro atoms. The molecule has 0 aliphatic carbocycles. The number of nitrogens with one attached hydrogen (secondary N) is 1. The van der Waals surface area contributed by atoms with E-state index in [1.807, 2.05) is 32.9 Å². The van der Waals surface area contributed by atoms with Gasteiger partial charge in [-0.05, 0) is 54.5 Å². The molecule has 0 fully saturated rings. The van der Waals surface area contributed by atoms with Crippen LogP contribution in [0, 0.1) is 5.92 Å². The van der Waals surface area contributed by atoms with Crippen LogP contribution in [0.4, 0.5) is 0 Å². The number of rotatable bonds is 4. The van der Waals surface area contributed by atoms with Crippen LogP contribution in [0.25, 0.3) is 5.57 Å². The molecule has 1 aromatic rings. The van der Waals surface area contributed by atoms with Crippen molar-refractivity contribution in [3.05, 3.63) is 39.1 Å². The Balaban J connectivity index is 2.75. The van der Waals surface area contributed by atoms with Gasteiger partial charge in [0, 0.05) is 4.47 Å². The first-order chi connectivity index (χ1) is 10.3. The Bertz CT molecular complexity index is 623. The van der Waals surface area contributed by atoms with Gasteiger partial charge >= 0.3 is 0 Å². The van der Waals surface area contributed by atoms with Gasteiger partial charge in [-0.1, -0.05) is 43.6 Å². The van der Waals surface area contributed by atoms with Gasteiger partial charge in [0.25, 0.3) is 5.91 Å². The Morgan fingerprint density at radius 2 is 1.73 bits per heavy atom. The predicted octanol–water partition coefficient (Wildman–Crippen LogP) is 4.39. The molecule has 3 nitrogen and oxygen atoms in total. The number of hydrogen-bond acceptors (Lipinski definition) is 2. The molecule has 1 atom stereocenters. The average molecular weight is 366 g/mol. The van der Waals surface area contributed by atoms with Gasteiger partial charge < -0.3 is 10.4 Å². The van der Waals surface area contributed by atoms with Crippen LogP contribution in [-0.2, 0) is 17.6 Å². The van der Waals surface area contributed by atoms with E-state index in [0.29, 0.717) is 5.57 Å². The number of carbonyl (C=O) groups is 1. The van der Waals surface area contributed by atoms with Crippen molar-refractivity contribution in [3.8, 4) is 0 Å². The molecule has 1 amide bonds. The monoisotopic (exact) mass is 365 g/mol. The van der Waals surface area contributed by atoms with Crippen molar-refractivity contribution in [1.29, 1.82) is 0 Å². The third-order valence-electron chi connectivity index (χ3n) is 4.76. The second-order valence-electron chi connectivity index (χ2n) is 6.34. The van der Waals surface area contributed by atoms with E-state index in [4.69, 9.17) is 0 Å². The second kappa shape index (κ2) is 6.07. The van der Waals surface area contributed by atoms with Crippen molar-refractivity contribution in [3.63, 3.8) is 0 Å². The number of aliphatic hydroxyl groups is 1. The fraction of sp³-hybridized carbons (Fsp3) is 0.500. The van der Waals surface area contributed by atoms with E-state index >= 15 is 0 Å². The molecule has 1 aliphatic heterocycles. The first-order valence-electron chi connectivity index (χ1n) is 7.84. The first-order valence-corrected chi connectivity index (χ1v) is 8.63. The molecule has 4 heteroatoms. The lowest BCUT2D eigenvalue weighted by molar-refractivity contribution is -0.116. The molecule has 1 heterocycles. The zero-order valence-corrected chi connectivity index (χ0v) is 15.5.